The third-order valence-electron chi connectivity index (χ3n) is 6.57. The highest BCUT2D eigenvalue weighted by Crippen LogP contribution is 2.49. The van der Waals surface area contributed by atoms with E-state index in [4.69, 9.17) is 4.74 Å². The number of hydrogen-bond donors (Lipinski definition) is 1. The molecular formula is C19H28ClNO2. The van der Waals surface area contributed by atoms with Crippen molar-refractivity contribution in [3.8, 4) is 5.75 Å². The van der Waals surface area contributed by atoms with Crippen LogP contribution < -0.4 is 0 Å². The van der Waals surface area contributed by atoms with E-state index in [0.717, 1.165) is 26.1 Å². The van der Waals surface area contributed by atoms with Gasteiger partial charge < -0.3 is 9.84 Å². The van der Waals surface area contributed by atoms with Crippen LogP contribution in [0.4, 0.5) is 0 Å². The fourth-order valence-corrected chi connectivity index (χ4v) is 4.97. The number of piperidine rings is 1. The minimum absolute atomic E-state index is 0. The molecule has 2 aliphatic heterocycles. The van der Waals surface area contributed by atoms with Crippen molar-refractivity contribution < 1.29 is 9.84 Å². The molecule has 0 aromatic heterocycles. The maximum Gasteiger partial charge on any atom is 0.115 e. The van der Waals surface area contributed by atoms with Gasteiger partial charge in [0.05, 0.1) is 6.10 Å². The Balaban J connectivity index is 0.00000156. The zero-order valence-electron chi connectivity index (χ0n) is 14.1. The molecule has 0 amide bonds. The van der Waals surface area contributed by atoms with Crippen molar-refractivity contribution in [3.05, 3.63) is 29.3 Å². The van der Waals surface area contributed by atoms with Gasteiger partial charge in [-0.25, -0.2) is 0 Å². The number of halogens is 1. The Morgan fingerprint density at radius 2 is 2.22 bits per heavy atom. The second-order valence-electron chi connectivity index (χ2n) is 7.70. The van der Waals surface area contributed by atoms with E-state index in [2.05, 4.69) is 24.8 Å². The van der Waals surface area contributed by atoms with E-state index in [1.807, 2.05) is 12.1 Å². The first-order valence-electron chi connectivity index (χ1n) is 8.76. The van der Waals surface area contributed by atoms with Gasteiger partial charge in [-0.2, -0.15) is 0 Å². The fourth-order valence-electron chi connectivity index (χ4n) is 4.97. The summed E-state index contributed by atoms with van der Waals surface area (Å²) in [5, 5.41) is 9.90. The van der Waals surface area contributed by atoms with Gasteiger partial charge in [-0.05, 0) is 66.8 Å². The number of fused-ring (bicyclic) bond motifs is 4. The Bertz CT molecular complexity index is 572. The van der Waals surface area contributed by atoms with Crippen LogP contribution in [0.15, 0.2) is 18.2 Å². The van der Waals surface area contributed by atoms with Gasteiger partial charge in [-0.15, -0.1) is 12.4 Å². The molecule has 0 saturated carbocycles. The van der Waals surface area contributed by atoms with E-state index in [-0.39, 0.29) is 17.8 Å². The average molecular weight is 338 g/mol. The predicted molar refractivity (Wildman–Crippen MR) is 94.5 cm³/mol. The molecule has 1 unspecified atom stereocenters. The molecule has 3 aliphatic rings. The van der Waals surface area contributed by atoms with Crippen molar-refractivity contribution in [1.82, 2.24) is 4.90 Å². The molecule has 23 heavy (non-hydrogen) atoms. The Morgan fingerprint density at radius 3 is 2.96 bits per heavy atom. The molecule has 2 heterocycles. The zero-order valence-corrected chi connectivity index (χ0v) is 14.9. The van der Waals surface area contributed by atoms with Crippen molar-refractivity contribution in [3.63, 3.8) is 0 Å². The molecule has 4 heteroatoms. The Labute approximate surface area is 145 Å². The van der Waals surface area contributed by atoms with Crippen LogP contribution in [0.2, 0.25) is 0 Å². The number of benzene rings is 1. The lowest BCUT2D eigenvalue weighted by atomic mass is 9.59. The first-order chi connectivity index (χ1) is 10.6. The largest absolute Gasteiger partial charge is 0.508 e. The number of hydrogen-bond acceptors (Lipinski definition) is 3. The fraction of sp³-hybridized carbons (Fsp3) is 0.684. The van der Waals surface area contributed by atoms with Gasteiger partial charge in [0.15, 0.2) is 0 Å². The number of aromatic hydroxyl groups is 1. The van der Waals surface area contributed by atoms with Crippen LogP contribution in [0.3, 0.4) is 0 Å². The number of ether oxygens (including phenoxy) is 1. The highest BCUT2D eigenvalue weighted by Gasteiger charge is 2.48. The second kappa shape index (κ2) is 6.27. The van der Waals surface area contributed by atoms with Gasteiger partial charge in [0, 0.05) is 19.2 Å². The van der Waals surface area contributed by atoms with Crippen LogP contribution in [0.1, 0.15) is 44.2 Å². The van der Waals surface area contributed by atoms with Gasteiger partial charge >= 0.3 is 0 Å². The molecule has 2 saturated heterocycles. The zero-order chi connectivity index (χ0) is 15.3. The molecule has 1 aromatic carbocycles. The minimum atomic E-state index is 0. The second-order valence-corrected chi connectivity index (χ2v) is 7.70. The molecule has 0 spiro atoms. The number of phenols is 1. The van der Waals surface area contributed by atoms with Crippen LogP contribution in [-0.4, -0.2) is 41.8 Å². The molecule has 1 N–H and O–H groups in total. The maximum absolute atomic E-state index is 9.90. The lowest BCUT2D eigenvalue weighted by Gasteiger charge is -2.55. The number of rotatable bonds is 2. The molecular weight excluding hydrogens is 310 g/mol. The summed E-state index contributed by atoms with van der Waals surface area (Å²) in [6.45, 7) is 7.99. The molecule has 1 aliphatic carbocycles. The van der Waals surface area contributed by atoms with Gasteiger partial charge in [-0.3, -0.25) is 4.90 Å². The molecule has 0 radical (unpaired) electrons. The van der Waals surface area contributed by atoms with E-state index in [1.54, 1.807) is 0 Å². The number of phenolic OH excluding ortho intramolecular Hbond substituents is 1. The molecule has 3 nitrogen and oxygen atoms in total. The third-order valence-corrected chi connectivity index (χ3v) is 6.57. The SMILES string of the molecule is CC1[C@H]2Cc3ccc(O)cc3[C@]1(C)CCN2C[C@@H]1CCCO1.Cl. The van der Waals surface area contributed by atoms with Gasteiger partial charge in [0.25, 0.3) is 0 Å². The Kier molecular flexibility index (Phi) is 4.65. The van der Waals surface area contributed by atoms with Crippen LogP contribution in [0.5, 0.6) is 5.75 Å². The molecule has 4 atom stereocenters. The molecule has 2 fully saturated rings. The summed E-state index contributed by atoms with van der Waals surface area (Å²) in [4.78, 5) is 2.68. The Hall–Kier alpha value is -0.770. The van der Waals surface area contributed by atoms with E-state index >= 15 is 0 Å². The van der Waals surface area contributed by atoms with E-state index in [9.17, 15) is 5.11 Å². The highest BCUT2D eigenvalue weighted by molar-refractivity contribution is 5.85. The highest BCUT2D eigenvalue weighted by atomic mass is 35.5. The summed E-state index contributed by atoms with van der Waals surface area (Å²) in [6.07, 6.45) is 5.17. The summed E-state index contributed by atoms with van der Waals surface area (Å²) in [6, 6.07) is 6.60. The van der Waals surface area contributed by atoms with Crippen molar-refractivity contribution in [2.45, 2.75) is 57.1 Å². The minimum Gasteiger partial charge on any atom is -0.508 e. The van der Waals surface area contributed by atoms with E-state index in [0.29, 0.717) is 23.8 Å². The predicted octanol–water partition coefficient (Wildman–Crippen LogP) is 3.52. The van der Waals surface area contributed by atoms with Crippen molar-refractivity contribution >= 4 is 12.4 Å². The van der Waals surface area contributed by atoms with Crippen LogP contribution in [0.25, 0.3) is 0 Å². The standard InChI is InChI=1S/C19H27NO2.ClH/c1-13-18-10-14-5-6-15(21)11-17(14)19(13,2)7-8-20(18)12-16-4-3-9-22-16;/h5-6,11,13,16,18,21H,3-4,7-10,12H2,1-2H3;1H/t13?,16-,18+,19+;/m0./s1. The molecule has 1 aromatic rings. The Morgan fingerprint density at radius 1 is 1.39 bits per heavy atom. The third kappa shape index (κ3) is 2.77. The quantitative estimate of drug-likeness (QED) is 0.896. The van der Waals surface area contributed by atoms with E-state index in [1.165, 1.54) is 30.4 Å². The van der Waals surface area contributed by atoms with Gasteiger partial charge in [-0.1, -0.05) is 19.9 Å². The smallest absolute Gasteiger partial charge is 0.115 e. The van der Waals surface area contributed by atoms with Crippen molar-refractivity contribution in [2.75, 3.05) is 19.7 Å². The van der Waals surface area contributed by atoms with Crippen LogP contribution in [0, 0.1) is 5.92 Å². The number of likely N-dealkylation sites (tertiary alicyclic amines) is 1. The van der Waals surface area contributed by atoms with Gasteiger partial charge in [0.2, 0.25) is 0 Å². The lowest BCUT2D eigenvalue weighted by molar-refractivity contribution is -0.00671. The average Bonchev–Trinajstić information content (AvgIpc) is 3.00. The summed E-state index contributed by atoms with van der Waals surface area (Å²) in [7, 11) is 0. The maximum atomic E-state index is 9.90. The summed E-state index contributed by atoms with van der Waals surface area (Å²) < 4.78 is 5.86. The van der Waals surface area contributed by atoms with Crippen molar-refractivity contribution in [1.29, 1.82) is 0 Å². The molecule has 128 valence electrons. The first kappa shape index (κ1) is 17.1. The molecule has 2 bridgehead atoms. The summed E-state index contributed by atoms with van der Waals surface area (Å²) >= 11 is 0. The summed E-state index contributed by atoms with van der Waals surface area (Å²) in [5.41, 5.74) is 3.01. The van der Waals surface area contributed by atoms with E-state index < -0.39 is 0 Å². The van der Waals surface area contributed by atoms with Crippen LogP contribution in [-0.2, 0) is 16.6 Å². The normalized spacial score (nSPS) is 36.3. The number of nitrogens with zero attached hydrogens (tertiary/aromatic N) is 1. The summed E-state index contributed by atoms with van der Waals surface area (Å²) in [5.74, 6) is 1.03. The first-order valence-corrected chi connectivity index (χ1v) is 8.76. The van der Waals surface area contributed by atoms with Crippen molar-refractivity contribution in [2.24, 2.45) is 5.92 Å². The molecule has 4 rings (SSSR count). The van der Waals surface area contributed by atoms with Gasteiger partial charge in [0.1, 0.15) is 5.75 Å². The topological polar surface area (TPSA) is 32.7 Å². The lowest BCUT2D eigenvalue weighted by Crippen LogP contribution is -2.59. The monoisotopic (exact) mass is 337 g/mol. The van der Waals surface area contributed by atoms with Crippen LogP contribution >= 0.6 is 12.4 Å².